The first-order valence-corrected chi connectivity index (χ1v) is 14.1. The minimum atomic E-state index is -1.18. The Morgan fingerprint density at radius 3 is 1.80 bits per heavy atom. The number of hydrogen-bond donors (Lipinski definition) is 6. The zero-order valence-corrected chi connectivity index (χ0v) is 24.4. The number of aliphatic carboxylic acids is 2. The van der Waals surface area contributed by atoms with Crippen molar-refractivity contribution in [2.75, 3.05) is 6.54 Å². The number of rotatable bonds is 16. The van der Waals surface area contributed by atoms with Gasteiger partial charge in [0.05, 0.1) is 6.04 Å². The highest BCUT2D eigenvalue weighted by Gasteiger charge is 2.39. The van der Waals surface area contributed by atoms with Crippen molar-refractivity contribution in [2.45, 2.75) is 110 Å². The lowest BCUT2D eigenvalue weighted by Crippen LogP contribution is -2.61. The highest BCUT2D eigenvalue weighted by Crippen LogP contribution is 2.21. The fourth-order valence-electron chi connectivity index (χ4n) is 4.57. The van der Waals surface area contributed by atoms with Gasteiger partial charge in [-0.2, -0.15) is 0 Å². The molecule has 4 amide bonds. The predicted molar refractivity (Wildman–Crippen MR) is 147 cm³/mol. The molecule has 0 aromatic carbocycles. The Kier molecular flexibility index (Phi) is 14.0. The van der Waals surface area contributed by atoms with E-state index in [9.17, 15) is 33.9 Å². The smallest absolute Gasteiger partial charge is 0.326 e. The maximum absolute atomic E-state index is 13.5. The third-order valence-corrected chi connectivity index (χ3v) is 7.64. The molecule has 0 spiro atoms. The molecule has 1 aliphatic rings. The van der Waals surface area contributed by atoms with Crippen LogP contribution in [0.1, 0.15) is 80.1 Å². The fraction of sp³-hybridized carbons (Fsp3) is 0.778. The van der Waals surface area contributed by atoms with Gasteiger partial charge in [-0.05, 0) is 37.0 Å². The predicted octanol–water partition coefficient (Wildman–Crippen LogP) is 0.457. The maximum Gasteiger partial charge on any atom is 0.326 e. The molecule has 0 radical (unpaired) electrons. The Hall–Kier alpha value is -3.22. The van der Waals surface area contributed by atoms with Gasteiger partial charge in [0.2, 0.25) is 23.6 Å². The van der Waals surface area contributed by atoms with Crippen LogP contribution in [0.2, 0.25) is 0 Å². The molecule has 13 heteroatoms. The summed E-state index contributed by atoms with van der Waals surface area (Å²) >= 11 is 0. The number of nitrogens with one attached hydrogen (secondary N) is 3. The standard InChI is InChI=1S/C27H47N5O8/c1-7-15(5)21(25(37)31-22(16(6)8-2)24(36)29-20(14(3)4)27(39)40)30-23(35)18-10-9-13-32(18)26(38)17(28)11-12-19(33)34/h14-18,20-22H,7-13,28H2,1-6H3,(H,29,36)(H,30,35)(H,31,37)(H,33,34)(H,39,40)/t15-,16-,17-,18-,20-,21-,22-/m0/s1. The molecule has 40 heavy (non-hydrogen) atoms. The second-order valence-corrected chi connectivity index (χ2v) is 11.0. The van der Waals surface area contributed by atoms with Gasteiger partial charge in [0.15, 0.2) is 0 Å². The van der Waals surface area contributed by atoms with Crippen molar-refractivity contribution in [3.63, 3.8) is 0 Å². The molecule has 1 saturated heterocycles. The van der Waals surface area contributed by atoms with Crippen molar-refractivity contribution in [3.05, 3.63) is 0 Å². The minimum absolute atomic E-state index is 0.0600. The highest BCUT2D eigenvalue weighted by atomic mass is 16.4. The average Bonchev–Trinajstić information content (AvgIpc) is 3.39. The quantitative estimate of drug-likeness (QED) is 0.152. The van der Waals surface area contributed by atoms with Gasteiger partial charge >= 0.3 is 11.9 Å². The number of carboxylic acid groups (broad SMARTS) is 2. The Balaban J connectivity index is 3.08. The van der Waals surface area contributed by atoms with E-state index in [1.807, 2.05) is 13.8 Å². The van der Waals surface area contributed by atoms with Gasteiger partial charge in [0.25, 0.3) is 0 Å². The summed E-state index contributed by atoms with van der Waals surface area (Å²) in [5, 5.41) is 26.4. The van der Waals surface area contributed by atoms with E-state index < -0.39 is 65.8 Å². The topological polar surface area (TPSA) is 208 Å². The SMILES string of the molecule is CC[C@H](C)[C@H](NC(=O)[C@@H](NC(=O)[C@@H]1CCCN1C(=O)[C@@H](N)CCC(=O)O)[C@@H](C)CC)C(=O)N[C@H](C(=O)O)C(C)C. The van der Waals surface area contributed by atoms with Gasteiger partial charge < -0.3 is 36.8 Å². The molecule has 1 rings (SSSR count). The van der Waals surface area contributed by atoms with Crippen LogP contribution in [-0.2, 0) is 28.8 Å². The first-order chi connectivity index (χ1) is 18.7. The molecule has 0 unspecified atom stereocenters. The fourth-order valence-corrected chi connectivity index (χ4v) is 4.57. The van der Waals surface area contributed by atoms with Crippen molar-refractivity contribution in [2.24, 2.45) is 23.5 Å². The number of nitrogens with zero attached hydrogens (tertiary/aromatic N) is 1. The third kappa shape index (κ3) is 9.76. The van der Waals surface area contributed by atoms with E-state index >= 15 is 0 Å². The molecule has 0 bridgehead atoms. The van der Waals surface area contributed by atoms with E-state index in [4.69, 9.17) is 10.8 Å². The first kappa shape index (κ1) is 34.8. The average molecular weight is 570 g/mol. The van der Waals surface area contributed by atoms with Crippen molar-refractivity contribution in [1.82, 2.24) is 20.9 Å². The number of carbonyl (C=O) groups excluding carboxylic acids is 4. The summed E-state index contributed by atoms with van der Waals surface area (Å²) in [6.07, 6.45) is 1.63. The van der Waals surface area contributed by atoms with Crippen LogP contribution >= 0.6 is 0 Å². The van der Waals surface area contributed by atoms with E-state index in [0.29, 0.717) is 25.7 Å². The van der Waals surface area contributed by atoms with Crippen LogP contribution < -0.4 is 21.7 Å². The Morgan fingerprint density at radius 2 is 1.35 bits per heavy atom. The zero-order valence-electron chi connectivity index (χ0n) is 24.4. The molecule has 0 saturated carbocycles. The lowest BCUT2D eigenvalue weighted by Gasteiger charge is -2.32. The number of nitrogens with two attached hydrogens (primary N) is 1. The minimum Gasteiger partial charge on any atom is -0.481 e. The van der Waals surface area contributed by atoms with Crippen molar-refractivity contribution in [3.8, 4) is 0 Å². The molecule has 228 valence electrons. The normalized spacial score (nSPS) is 19.6. The second kappa shape index (κ2) is 16.1. The number of hydrogen-bond acceptors (Lipinski definition) is 7. The van der Waals surface area contributed by atoms with Crippen molar-refractivity contribution < 1.29 is 39.0 Å². The molecule has 13 nitrogen and oxygen atoms in total. The van der Waals surface area contributed by atoms with Crippen LogP contribution in [0.15, 0.2) is 0 Å². The Labute approximate surface area is 236 Å². The van der Waals surface area contributed by atoms with Gasteiger partial charge in [0, 0.05) is 13.0 Å². The summed E-state index contributed by atoms with van der Waals surface area (Å²) in [5.74, 6) is -5.55. The summed E-state index contributed by atoms with van der Waals surface area (Å²) in [6, 6.07) is -5.10. The van der Waals surface area contributed by atoms with Crippen LogP contribution in [0.4, 0.5) is 0 Å². The van der Waals surface area contributed by atoms with Gasteiger partial charge in [-0.1, -0.05) is 54.4 Å². The number of likely N-dealkylation sites (tertiary alicyclic amines) is 1. The van der Waals surface area contributed by atoms with Gasteiger partial charge in [-0.3, -0.25) is 24.0 Å². The molecular formula is C27H47N5O8. The number of carbonyl (C=O) groups is 6. The number of amides is 4. The lowest BCUT2D eigenvalue weighted by atomic mass is 9.94. The molecule has 7 atom stereocenters. The van der Waals surface area contributed by atoms with E-state index in [1.165, 1.54) is 4.90 Å². The van der Waals surface area contributed by atoms with Crippen molar-refractivity contribution in [1.29, 1.82) is 0 Å². The van der Waals surface area contributed by atoms with Crippen molar-refractivity contribution >= 4 is 35.6 Å². The summed E-state index contributed by atoms with van der Waals surface area (Å²) in [4.78, 5) is 76.6. The molecule has 1 fully saturated rings. The van der Waals surface area contributed by atoms with E-state index in [-0.39, 0.29) is 37.1 Å². The van der Waals surface area contributed by atoms with Crippen LogP contribution in [0.25, 0.3) is 0 Å². The van der Waals surface area contributed by atoms with Crippen LogP contribution in [0, 0.1) is 17.8 Å². The monoisotopic (exact) mass is 569 g/mol. The van der Waals surface area contributed by atoms with Crippen LogP contribution in [0.5, 0.6) is 0 Å². The summed E-state index contributed by atoms with van der Waals surface area (Å²) in [6.45, 7) is 10.9. The Bertz CT molecular complexity index is 927. The summed E-state index contributed by atoms with van der Waals surface area (Å²) in [5.41, 5.74) is 5.90. The summed E-state index contributed by atoms with van der Waals surface area (Å²) in [7, 11) is 0. The van der Waals surface area contributed by atoms with E-state index in [1.54, 1.807) is 27.7 Å². The maximum atomic E-state index is 13.5. The molecule has 1 heterocycles. The third-order valence-electron chi connectivity index (χ3n) is 7.64. The van der Waals surface area contributed by atoms with E-state index in [0.717, 1.165) is 0 Å². The second-order valence-electron chi connectivity index (χ2n) is 11.0. The van der Waals surface area contributed by atoms with Crippen LogP contribution in [-0.4, -0.2) is 87.4 Å². The zero-order chi connectivity index (χ0) is 30.7. The lowest BCUT2D eigenvalue weighted by molar-refractivity contribution is -0.144. The molecule has 7 N–H and O–H groups in total. The molecule has 0 aromatic heterocycles. The molecule has 0 aromatic rings. The molecule has 1 aliphatic heterocycles. The Morgan fingerprint density at radius 1 is 0.850 bits per heavy atom. The van der Waals surface area contributed by atoms with Gasteiger partial charge in [-0.25, -0.2) is 4.79 Å². The summed E-state index contributed by atoms with van der Waals surface area (Å²) < 4.78 is 0. The highest BCUT2D eigenvalue weighted by molar-refractivity contribution is 5.96. The number of carboxylic acids is 2. The van der Waals surface area contributed by atoms with Gasteiger partial charge in [0.1, 0.15) is 24.2 Å². The van der Waals surface area contributed by atoms with Crippen LogP contribution in [0.3, 0.4) is 0 Å². The first-order valence-electron chi connectivity index (χ1n) is 14.1. The molecular weight excluding hydrogens is 522 g/mol. The van der Waals surface area contributed by atoms with Gasteiger partial charge in [-0.15, -0.1) is 0 Å². The largest absolute Gasteiger partial charge is 0.481 e. The molecule has 0 aliphatic carbocycles. The van der Waals surface area contributed by atoms with E-state index in [2.05, 4.69) is 16.0 Å².